The molecule has 0 aromatic carbocycles. The lowest BCUT2D eigenvalue weighted by atomic mass is 10.7. The summed E-state index contributed by atoms with van der Waals surface area (Å²) in [4.78, 5) is 7.32. The fourth-order valence-electron chi connectivity index (χ4n) is 0.501. The average molecular weight is 251 g/mol. The maximum atomic E-state index is 10.6. The number of aromatic nitrogens is 2. The highest BCUT2D eigenvalue weighted by Gasteiger charge is 1.95. The zero-order valence-electron chi connectivity index (χ0n) is 6.10. The standard InChI is InChI=1S/C5H5BrN3O2S/c1-12(10,11)9-5-7-2-4(6)3-8-5/h2-3H,1H3/q-1. The van der Waals surface area contributed by atoms with Crippen molar-refractivity contribution in [3.8, 4) is 0 Å². The molecule has 66 valence electrons. The molecule has 0 saturated heterocycles. The summed E-state index contributed by atoms with van der Waals surface area (Å²) in [6.07, 6.45) is 3.84. The molecule has 1 heterocycles. The van der Waals surface area contributed by atoms with Crippen molar-refractivity contribution >= 4 is 31.9 Å². The number of nitrogens with zero attached hydrogens (tertiary/aromatic N) is 3. The summed E-state index contributed by atoms with van der Waals surface area (Å²) in [7, 11) is -3.41. The van der Waals surface area contributed by atoms with E-state index in [0.29, 0.717) is 4.47 Å². The summed E-state index contributed by atoms with van der Waals surface area (Å²) in [6.45, 7) is 0. The Kier molecular flexibility index (Phi) is 2.63. The Morgan fingerprint density at radius 2 is 1.92 bits per heavy atom. The molecule has 0 radical (unpaired) electrons. The van der Waals surface area contributed by atoms with Crippen LogP contribution in [-0.4, -0.2) is 24.6 Å². The number of halogens is 1. The molecule has 1 aromatic heterocycles. The van der Waals surface area contributed by atoms with Crippen molar-refractivity contribution in [2.45, 2.75) is 0 Å². The van der Waals surface area contributed by atoms with Gasteiger partial charge in [-0.25, -0.2) is 8.42 Å². The first-order valence-corrected chi connectivity index (χ1v) is 5.52. The van der Waals surface area contributed by atoms with Gasteiger partial charge in [-0.2, -0.15) is 0 Å². The normalized spacial score (nSPS) is 11.2. The van der Waals surface area contributed by atoms with Crippen LogP contribution >= 0.6 is 15.9 Å². The van der Waals surface area contributed by atoms with Crippen molar-refractivity contribution in [3.63, 3.8) is 0 Å². The first-order valence-electron chi connectivity index (χ1n) is 2.88. The van der Waals surface area contributed by atoms with Gasteiger partial charge in [0, 0.05) is 16.7 Å². The van der Waals surface area contributed by atoms with Crippen molar-refractivity contribution in [2.75, 3.05) is 6.26 Å². The van der Waals surface area contributed by atoms with Gasteiger partial charge in [-0.15, -0.1) is 0 Å². The molecule has 7 heteroatoms. The van der Waals surface area contributed by atoms with E-state index < -0.39 is 10.0 Å². The molecule has 0 fully saturated rings. The van der Waals surface area contributed by atoms with Gasteiger partial charge in [-0.3, -0.25) is 4.72 Å². The van der Waals surface area contributed by atoms with E-state index in [4.69, 9.17) is 0 Å². The Balaban J connectivity index is 2.85. The summed E-state index contributed by atoms with van der Waals surface area (Å²) in [5.74, 6) is -0.0549. The zero-order chi connectivity index (χ0) is 9.19. The second-order valence-corrected chi connectivity index (χ2v) is 4.59. The minimum atomic E-state index is -3.41. The number of hydrogen-bond acceptors (Lipinski definition) is 4. The molecule has 0 aliphatic heterocycles. The van der Waals surface area contributed by atoms with Crippen LogP contribution in [0, 0.1) is 0 Å². The zero-order valence-corrected chi connectivity index (χ0v) is 8.50. The molecule has 0 bridgehead atoms. The molecule has 12 heavy (non-hydrogen) atoms. The molecular formula is C5H5BrN3O2S-. The van der Waals surface area contributed by atoms with Gasteiger partial charge in [0.15, 0.2) is 10.0 Å². The van der Waals surface area contributed by atoms with E-state index in [-0.39, 0.29) is 5.95 Å². The van der Waals surface area contributed by atoms with Crippen LogP contribution < -0.4 is 0 Å². The molecule has 0 amide bonds. The predicted molar refractivity (Wildman–Crippen MR) is 47.6 cm³/mol. The van der Waals surface area contributed by atoms with E-state index >= 15 is 0 Å². The van der Waals surface area contributed by atoms with Gasteiger partial charge >= 0.3 is 0 Å². The van der Waals surface area contributed by atoms with Crippen LogP contribution in [0.2, 0.25) is 0 Å². The second kappa shape index (κ2) is 3.36. The summed E-state index contributed by atoms with van der Waals surface area (Å²) < 4.78 is 25.2. The lowest BCUT2D eigenvalue weighted by Gasteiger charge is -2.08. The van der Waals surface area contributed by atoms with Crippen molar-refractivity contribution < 1.29 is 8.42 Å². The van der Waals surface area contributed by atoms with Crippen molar-refractivity contribution in [1.82, 2.24) is 9.97 Å². The highest BCUT2D eigenvalue weighted by atomic mass is 79.9. The van der Waals surface area contributed by atoms with Crippen LogP contribution in [0.25, 0.3) is 4.72 Å². The van der Waals surface area contributed by atoms with Gasteiger partial charge in [0.1, 0.15) is 0 Å². The van der Waals surface area contributed by atoms with Crippen LogP contribution in [0.3, 0.4) is 0 Å². The van der Waals surface area contributed by atoms with Gasteiger partial charge in [0.2, 0.25) is 0 Å². The monoisotopic (exact) mass is 250 g/mol. The minimum Gasteiger partial charge on any atom is -0.365 e. The molecule has 0 spiro atoms. The van der Waals surface area contributed by atoms with Gasteiger partial charge in [0.25, 0.3) is 0 Å². The summed E-state index contributed by atoms with van der Waals surface area (Å²) in [5, 5.41) is 0. The molecular weight excluding hydrogens is 246 g/mol. The molecule has 0 aliphatic carbocycles. The molecule has 1 aromatic rings. The minimum absolute atomic E-state index is 0.0549. The maximum absolute atomic E-state index is 10.6. The van der Waals surface area contributed by atoms with Crippen LogP contribution in [-0.2, 0) is 10.0 Å². The quantitative estimate of drug-likeness (QED) is 0.791. The Labute approximate surface area is 78.4 Å². The van der Waals surface area contributed by atoms with E-state index in [1.807, 2.05) is 0 Å². The van der Waals surface area contributed by atoms with Gasteiger partial charge in [-0.05, 0) is 12.4 Å². The Bertz CT molecular complexity index is 361. The SMILES string of the molecule is CS(=O)(=O)[N-]c1ncc(Br)cn1. The fraction of sp³-hybridized carbons (Fsp3) is 0.200. The first kappa shape index (κ1) is 9.40. The van der Waals surface area contributed by atoms with Gasteiger partial charge in [-0.1, -0.05) is 15.9 Å². The topological polar surface area (TPSA) is 74.0 Å². The highest BCUT2D eigenvalue weighted by molar-refractivity contribution is 9.10. The van der Waals surface area contributed by atoms with Crippen LogP contribution in [0.4, 0.5) is 5.95 Å². The van der Waals surface area contributed by atoms with E-state index in [0.717, 1.165) is 6.26 Å². The Morgan fingerprint density at radius 3 is 2.33 bits per heavy atom. The summed E-state index contributed by atoms with van der Waals surface area (Å²) in [5.41, 5.74) is 0. The van der Waals surface area contributed by atoms with Crippen LogP contribution in [0.15, 0.2) is 16.9 Å². The molecule has 5 nitrogen and oxygen atoms in total. The molecule has 0 N–H and O–H groups in total. The van der Waals surface area contributed by atoms with Gasteiger partial charge < -0.3 is 9.97 Å². The summed E-state index contributed by atoms with van der Waals surface area (Å²) >= 11 is 3.11. The molecule has 1 rings (SSSR count). The Hall–Kier alpha value is -0.690. The lowest BCUT2D eigenvalue weighted by molar-refractivity contribution is 0.608. The summed E-state index contributed by atoms with van der Waals surface area (Å²) in [6, 6.07) is 0. The number of sulfonamides is 1. The van der Waals surface area contributed by atoms with Crippen molar-refractivity contribution in [3.05, 3.63) is 21.6 Å². The van der Waals surface area contributed by atoms with Crippen LogP contribution in [0.1, 0.15) is 0 Å². The highest BCUT2D eigenvalue weighted by Crippen LogP contribution is 2.16. The Morgan fingerprint density at radius 1 is 1.42 bits per heavy atom. The maximum Gasteiger partial charge on any atom is 0.197 e. The fourth-order valence-corrected chi connectivity index (χ4v) is 1.10. The molecule has 0 saturated carbocycles. The van der Waals surface area contributed by atoms with Crippen molar-refractivity contribution in [2.24, 2.45) is 0 Å². The second-order valence-electron chi connectivity index (χ2n) is 2.03. The molecule has 0 aliphatic rings. The third-order valence-electron chi connectivity index (χ3n) is 0.854. The largest absolute Gasteiger partial charge is 0.365 e. The molecule has 0 unspecified atom stereocenters. The smallest absolute Gasteiger partial charge is 0.197 e. The predicted octanol–water partition coefficient (Wildman–Crippen LogP) is 1.20. The van der Waals surface area contributed by atoms with E-state index in [9.17, 15) is 8.42 Å². The van der Waals surface area contributed by atoms with Gasteiger partial charge in [0.05, 0.1) is 0 Å². The first-order chi connectivity index (χ1) is 5.47. The number of hydrogen-bond donors (Lipinski definition) is 0. The molecule has 0 atom stereocenters. The van der Waals surface area contributed by atoms with E-state index in [1.165, 1.54) is 12.4 Å². The van der Waals surface area contributed by atoms with E-state index in [1.54, 1.807) is 0 Å². The third-order valence-corrected chi connectivity index (χ3v) is 1.76. The van der Waals surface area contributed by atoms with Crippen LogP contribution in [0.5, 0.6) is 0 Å². The lowest BCUT2D eigenvalue weighted by Crippen LogP contribution is -1.93. The average Bonchev–Trinajstić information content (AvgIpc) is 1.91. The van der Waals surface area contributed by atoms with E-state index in [2.05, 4.69) is 30.6 Å². The number of rotatable bonds is 2. The van der Waals surface area contributed by atoms with Crippen molar-refractivity contribution in [1.29, 1.82) is 0 Å². The third kappa shape index (κ3) is 3.14.